The molecule has 0 N–H and O–H groups in total. The molecule has 0 unspecified atom stereocenters. The van der Waals surface area contributed by atoms with E-state index >= 15 is 0 Å². The molecule has 2 aromatic carbocycles. The van der Waals surface area contributed by atoms with Gasteiger partial charge in [0.1, 0.15) is 11.3 Å². The third-order valence-corrected chi connectivity index (χ3v) is 4.94. The lowest BCUT2D eigenvalue weighted by atomic mass is 10.1. The third-order valence-electron chi connectivity index (χ3n) is 4.64. The Morgan fingerprint density at radius 2 is 1.76 bits per heavy atom. The van der Waals surface area contributed by atoms with Crippen molar-refractivity contribution in [1.29, 1.82) is 0 Å². The highest BCUT2D eigenvalue weighted by Crippen LogP contribution is 2.30. The maximum Gasteiger partial charge on any atom is 0.120 e. The number of rotatable bonds is 3. The maximum atomic E-state index is 6.26. The van der Waals surface area contributed by atoms with Crippen LogP contribution in [0.3, 0.4) is 0 Å². The van der Waals surface area contributed by atoms with Crippen molar-refractivity contribution in [3.63, 3.8) is 0 Å². The van der Waals surface area contributed by atoms with Crippen molar-refractivity contribution in [2.24, 2.45) is 0 Å². The molecule has 0 spiro atoms. The molecule has 1 aromatic heterocycles. The molecule has 1 fully saturated rings. The summed E-state index contributed by atoms with van der Waals surface area (Å²) in [7, 11) is 1.70. The van der Waals surface area contributed by atoms with Gasteiger partial charge in [0.15, 0.2) is 0 Å². The smallest absolute Gasteiger partial charge is 0.120 e. The molecular formula is C19H19ClN4O. The Balaban J connectivity index is 1.55. The molecule has 128 valence electrons. The average molecular weight is 355 g/mol. The van der Waals surface area contributed by atoms with Crippen molar-refractivity contribution in [1.82, 2.24) is 10.2 Å². The maximum absolute atomic E-state index is 6.26. The van der Waals surface area contributed by atoms with Crippen LogP contribution in [0.4, 0.5) is 11.4 Å². The van der Waals surface area contributed by atoms with E-state index in [0.29, 0.717) is 5.02 Å². The monoisotopic (exact) mass is 354 g/mol. The van der Waals surface area contributed by atoms with Crippen molar-refractivity contribution >= 4 is 33.9 Å². The van der Waals surface area contributed by atoms with Crippen molar-refractivity contribution in [2.75, 3.05) is 43.1 Å². The van der Waals surface area contributed by atoms with Crippen LogP contribution in [0.1, 0.15) is 0 Å². The lowest BCUT2D eigenvalue weighted by molar-refractivity contribution is 0.414. The first kappa shape index (κ1) is 16.0. The second-order valence-corrected chi connectivity index (χ2v) is 6.45. The highest BCUT2D eigenvalue weighted by atomic mass is 35.5. The Labute approximate surface area is 151 Å². The first-order chi connectivity index (χ1) is 12.3. The molecular weight excluding hydrogens is 336 g/mol. The number of hydrogen-bond acceptors (Lipinski definition) is 5. The molecule has 0 aliphatic carbocycles. The fraction of sp³-hybridized carbons (Fsp3) is 0.263. The molecule has 0 amide bonds. The Hall–Kier alpha value is -2.53. The number of aromatic nitrogens is 2. The van der Waals surface area contributed by atoms with Gasteiger partial charge >= 0.3 is 0 Å². The zero-order valence-corrected chi connectivity index (χ0v) is 14.8. The van der Waals surface area contributed by atoms with E-state index < -0.39 is 0 Å². The normalized spacial score (nSPS) is 14.8. The number of anilines is 2. The van der Waals surface area contributed by atoms with Gasteiger partial charge in [-0.1, -0.05) is 29.8 Å². The van der Waals surface area contributed by atoms with Crippen LogP contribution in [0.2, 0.25) is 5.02 Å². The van der Waals surface area contributed by atoms with Crippen molar-refractivity contribution in [3.05, 3.63) is 53.7 Å². The largest absolute Gasteiger partial charge is 0.497 e. The van der Waals surface area contributed by atoms with Gasteiger partial charge in [-0.25, -0.2) is 0 Å². The van der Waals surface area contributed by atoms with Crippen LogP contribution in [0.25, 0.3) is 10.9 Å². The van der Waals surface area contributed by atoms with E-state index in [1.54, 1.807) is 7.11 Å². The van der Waals surface area contributed by atoms with E-state index in [-0.39, 0.29) is 0 Å². The summed E-state index contributed by atoms with van der Waals surface area (Å²) in [5.41, 5.74) is 3.05. The molecule has 2 heterocycles. The predicted molar refractivity (Wildman–Crippen MR) is 102 cm³/mol. The Bertz CT molecular complexity index is 893. The van der Waals surface area contributed by atoms with Crippen LogP contribution in [-0.2, 0) is 0 Å². The average Bonchev–Trinajstić information content (AvgIpc) is 2.68. The van der Waals surface area contributed by atoms with Crippen LogP contribution < -0.4 is 14.5 Å². The van der Waals surface area contributed by atoms with Crippen LogP contribution in [0.15, 0.2) is 48.7 Å². The number of fused-ring (bicyclic) bond motifs is 1. The number of hydrogen-bond donors (Lipinski definition) is 0. The molecule has 0 radical (unpaired) electrons. The Morgan fingerprint density at radius 1 is 1.00 bits per heavy atom. The summed E-state index contributed by atoms with van der Waals surface area (Å²) in [6, 6.07) is 14.1. The third kappa shape index (κ3) is 3.07. The van der Waals surface area contributed by atoms with E-state index in [1.165, 1.54) is 5.69 Å². The zero-order valence-electron chi connectivity index (χ0n) is 14.0. The fourth-order valence-corrected chi connectivity index (χ4v) is 3.51. The van der Waals surface area contributed by atoms with E-state index in [4.69, 9.17) is 16.3 Å². The quantitative estimate of drug-likeness (QED) is 0.718. The van der Waals surface area contributed by atoms with Crippen LogP contribution >= 0.6 is 11.6 Å². The molecule has 1 saturated heterocycles. The molecule has 4 rings (SSSR count). The Kier molecular flexibility index (Phi) is 4.32. The number of methoxy groups -OCH3 is 1. The van der Waals surface area contributed by atoms with Gasteiger partial charge < -0.3 is 14.5 Å². The minimum Gasteiger partial charge on any atom is -0.497 e. The highest BCUT2D eigenvalue weighted by Gasteiger charge is 2.20. The first-order valence-electron chi connectivity index (χ1n) is 8.30. The summed E-state index contributed by atoms with van der Waals surface area (Å²) >= 11 is 6.26. The lowest BCUT2D eigenvalue weighted by Crippen LogP contribution is -2.46. The van der Waals surface area contributed by atoms with Crippen molar-refractivity contribution < 1.29 is 4.74 Å². The topological polar surface area (TPSA) is 41.5 Å². The Morgan fingerprint density at radius 3 is 2.56 bits per heavy atom. The molecule has 6 heteroatoms. The zero-order chi connectivity index (χ0) is 17.2. The lowest BCUT2D eigenvalue weighted by Gasteiger charge is -2.37. The van der Waals surface area contributed by atoms with Gasteiger partial charge in [-0.3, -0.25) is 0 Å². The second-order valence-electron chi connectivity index (χ2n) is 6.04. The number of nitrogens with zero attached hydrogens (tertiary/aromatic N) is 4. The van der Waals surface area contributed by atoms with Crippen LogP contribution in [0.5, 0.6) is 5.75 Å². The molecule has 0 saturated carbocycles. The van der Waals surface area contributed by atoms with E-state index in [9.17, 15) is 0 Å². The predicted octanol–water partition coefficient (Wildman–Crippen LogP) is 3.62. The standard InChI is InChI=1S/C19H19ClN4O/c1-25-15-5-2-4-14(12-15)23-8-10-24(11-9-23)18-13-21-22-19-16(18)6-3-7-17(19)20/h2-7,12-13H,8-11H2,1H3. The van der Waals surface area contributed by atoms with Gasteiger partial charge in [0, 0.05) is 43.3 Å². The highest BCUT2D eigenvalue weighted by molar-refractivity contribution is 6.35. The second kappa shape index (κ2) is 6.76. The summed E-state index contributed by atoms with van der Waals surface area (Å²) in [5.74, 6) is 0.888. The molecule has 1 aliphatic heterocycles. The van der Waals surface area contributed by atoms with Gasteiger partial charge in [-0.05, 0) is 18.2 Å². The molecule has 0 atom stereocenters. The minimum absolute atomic E-state index is 0.641. The van der Waals surface area contributed by atoms with Gasteiger partial charge in [-0.15, -0.1) is 5.10 Å². The van der Waals surface area contributed by atoms with E-state index in [2.05, 4.69) is 38.2 Å². The van der Waals surface area contributed by atoms with Gasteiger partial charge in [0.25, 0.3) is 0 Å². The summed E-state index contributed by atoms with van der Waals surface area (Å²) in [6.07, 6.45) is 1.83. The van der Waals surface area contributed by atoms with Crippen LogP contribution in [0, 0.1) is 0 Å². The summed E-state index contributed by atoms with van der Waals surface area (Å²) < 4.78 is 5.33. The first-order valence-corrected chi connectivity index (χ1v) is 8.68. The molecule has 5 nitrogen and oxygen atoms in total. The molecule has 0 bridgehead atoms. The van der Waals surface area contributed by atoms with Gasteiger partial charge in [0.2, 0.25) is 0 Å². The number of halogens is 1. The fourth-order valence-electron chi connectivity index (χ4n) is 3.30. The minimum atomic E-state index is 0.641. The molecule has 25 heavy (non-hydrogen) atoms. The number of benzene rings is 2. The summed E-state index contributed by atoms with van der Waals surface area (Å²) in [5, 5.41) is 10.0. The number of ether oxygens (including phenoxy) is 1. The van der Waals surface area contributed by atoms with Crippen LogP contribution in [-0.4, -0.2) is 43.5 Å². The summed E-state index contributed by atoms with van der Waals surface area (Å²) in [4.78, 5) is 4.73. The SMILES string of the molecule is COc1cccc(N2CCN(c3cnnc4c(Cl)cccc34)CC2)c1. The molecule has 3 aromatic rings. The number of piperazine rings is 1. The summed E-state index contributed by atoms with van der Waals surface area (Å²) in [6.45, 7) is 3.73. The molecule has 1 aliphatic rings. The van der Waals surface area contributed by atoms with Crippen molar-refractivity contribution in [2.45, 2.75) is 0 Å². The van der Waals surface area contributed by atoms with Gasteiger partial charge in [-0.2, -0.15) is 5.10 Å². The van der Waals surface area contributed by atoms with Gasteiger partial charge in [0.05, 0.1) is 24.0 Å². The van der Waals surface area contributed by atoms with E-state index in [1.807, 2.05) is 30.5 Å². The van der Waals surface area contributed by atoms with Crippen molar-refractivity contribution in [3.8, 4) is 5.75 Å². The van der Waals surface area contributed by atoms with E-state index in [0.717, 1.165) is 48.5 Å².